The van der Waals surface area contributed by atoms with Crippen LogP contribution in [-0.2, 0) is 9.59 Å². The van der Waals surface area contributed by atoms with Crippen LogP contribution in [0.25, 0.3) is 6.08 Å². The smallest absolute Gasteiger partial charge is 0.326 e. The van der Waals surface area contributed by atoms with E-state index in [1.807, 2.05) is 30.3 Å². The van der Waals surface area contributed by atoms with Crippen molar-refractivity contribution in [3.63, 3.8) is 0 Å². The summed E-state index contributed by atoms with van der Waals surface area (Å²) < 4.78 is 0. The van der Waals surface area contributed by atoms with Gasteiger partial charge in [-0.2, -0.15) is 0 Å². The lowest BCUT2D eigenvalue weighted by Crippen LogP contribution is -2.43. The molecule has 3 amide bonds. The number of hydrogen-bond acceptors (Lipinski definition) is 3. The summed E-state index contributed by atoms with van der Waals surface area (Å²) in [5.74, 6) is -0.550. The zero-order chi connectivity index (χ0) is 14.3. The fourth-order valence-electron chi connectivity index (χ4n) is 1.37. The van der Waals surface area contributed by atoms with E-state index in [1.54, 1.807) is 12.4 Å². The van der Waals surface area contributed by atoms with E-state index >= 15 is 0 Å². The van der Waals surface area contributed by atoms with Crippen LogP contribution in [0.2, 0.25) is 0 Å². The van der Waals surface area contributed by atoms with Gasteiger partial charge in [0.2, 0.25) is 6.29 Å². The summed E-state index contributed by atoms with van der Waals surface area (Å²) in [7, 11) is 3.02. The molecule has 0 atom stereocenters. The highest BCUT2D eigenvalue weighted by molar-refractivity contribution is 6.03. The molecule has 1 radical (unpaired) electrons. The van der Waals surface area contributed by atoms with Gasteiger partial charge in [-0.25, -0.2) is 4.79 Å². The number of carbonyl (C=O) groups is 2. The van der Waals surface area contributed by atoms with Crippen molar-refractivity contribution in [3.8, 4) is 0 Å². The first-order chi connectivity index (χ1) is 9.06. The summed E-state index contributed by atoms with van der Waals surface area (Å²) in [6, 6.07) is 8.65. The molecule has 1 aromatic carbocycles. The van der Waals surface area contributed by atoms with E-state index in [-0.39, 0.29) is 6.54 Å². The second-order valence-corrected chi connectivity index (χ2v) is 3.99. The lowest BCUT2D eigenvalue weighted by atomic mass is 10.2. The lowest BCUT2D eigenvalue weighted by Gasteiger charge is -2.20. The third-order valence-electron chi connectivity index (χ3n) is 2.32. The van der Waals surface area contributed by atoms with Crippen molar-refractivity contribution in [3.05, 3.63) is 42.0 Å². The van der Waals surface area contributed by atoms with E-state index in [9.17, 15) is 14.4 Å². The fraction of sp³-hybridized carbons (Fsp3) is 0.214. The molecule has 99 valence electrons. The van der Waals surface area contributed by atoms with Gasteiger partial charge in [0.25, 0.3) is 5.91 Å². The van der Waals surface area contributed by atoms with Crippen molar-refractivity contribution >= 4 is 24.3 Å². The largest absolute Gasteiger partial charge is 0.330 e. The van der Waals surface area contributed by atoms with Crippen molar-refractivity contribution in [2.24, 2.45) is 0 Å². The van der Waals surface area contributed by atoms with Crippen LogP contribution in [0.4, 0.5) is 4.79 Å². The molecule has 5 heteroatoms. The Labute approximate surface area is 112 Å². The van der Waals surface area contributed by atoms with Gasteiger partial charge in [0, 0.05) is 20.2 Å². The number of benzene rings is 1. The SMILES string of the molecule is CN(C)C(=O)N(C[C]=O)C(=O)C=Cc1ccccc1. The third kappa shape index (κ3) is 4.39. The van der Waals surface area contributed by atoms with E-state index in [4.69, 9.17) is 0 Å². The van der Waals surface area contributed by atoms with E-state index in [2.05, 4.69) is 0 Å². The molecule has 1 rings (SSSR count). The molecule has 1 aromatic rings. The van der Waals surface area contributed by atoms with Crippen LogP contribution in [0.1, 0.15) is 5.56 Å². The molecule has 0 heterocycles. The Hall–Kier alpha value is -2.43. The second-order valence-electron chi connectivity index (χ2n) is 3.99. The Morgan fingerprint density at radius 1 is 1.21 bits per heavy atom. The maximum absolute atomic E-state index is 11.9. The summed E-state index contributed by atoms with van der Waals surface area (Å²) in [4.78, 5) is 36.0. The molecule has 0 aliphatic rings. The molecular weight excluding hydrogens is 244 g/mol. The van der Waals surface area contributed by atoms with Crippen molar-refractivity contribution < 1.29 is 14.4 Å². The summed E-state index contributed by atoms with van der Waals surface area (Å²) in [6.07, 6.45) is 4.40. The van der Waals surface area contributed by atoms with Gasteiger partial charge in [0.1, 0.15) is 0 Å². The van der Waals surface area contributed by atoms with E-state index in [0.29, 0.717) is 0 Å². The number of amides is 3. The molecule has 0 bridgehead atoms. The van der Waals surface area contributed by atoms with Crippen LogP contribution in [0.15, 0.2) is 36.4 Å². The molecule has 5 nitrogen and oxygen atoms in total. The van der Waals surface area contributed by atoms with Crippen LogP contribution in [0.3, 0.4) is 0 Å². The van der Waals surface area contributed by atoms with Crippen molar-refractivity contribution in [2.75, 3.05) is 20.6 Å². The normalized spacial score (nSPS) is 10.2. The highest BCUT2D eigenvalue weighted by Gasteiger charge is 2.20. The average molecular weight is 259 g/mol. The number of hydrogen-bond donors (Lipinski definition) is 0. The van der Waals surface area contributed by atoms with Crippen molar-refractivity contribution in [2.45, 2.75) is 0 Å². The van der Waals surface area contributed by atoms with Crippen LogP contribution in [0.5, 0.6) is 0 Å². The molecule has 0 saturated carbocycles. The molecule has 0 unspecified atom stereocenters. The minimum atomic E-state index is -0.550. The average Bonchev–Trinajstić information content (AvgIpc) is 2.42. The van der Waals surface area contributed by atoms with Gasteiger partial charge in [-0.05, 0) is 11.6 Å². The number of carbonyl (C=O) groups excluding carboxylic acids is 3. The maximum Gasteiger partial charge on any atom is 0.326 e. The number of imide groups is 1. The highest BCUT2D eigenvalue weighted by atomic mass is 16.2. The minimum absolute atomic E-state index is 0.380. The molecule has 0 spiro atoms. The van der Waals surface area contributed by atoms with E-state index in [0.717, 1.165) is 10.5 Å². The Balaban J connectivity index is 2.80. The van der Waals surface area contributed by atoms with Crippen LogP contribution in [0, 0.1) is 0 Å². The Kier molecular flexibility index (Phi) is 5.47. The first-order valence-electron chi connectivity index (χ1n) is 5.67. The number of rotatable bonds is 4. The van der Waals surface area contributed by atoms with E-state index in [1.165, 1.54) is 25.1 Å². The summed E-state index contributed by atoms with van der Waals surface area (Å²) in [5, 5.41) is 0. The highest BCUT2D eigenvalue weighted by Crippen LogP contribution is 2.03. The fourth-order valence-corrected chi connectivity index (χ4v) is 1.37. The summed E-state index contributed by atoms with van der Waals surface area (Å²) in [6.45, 7) is -0.380. The van der Waals surface area contributed by atoms with Gasteiger partial charge in [0.15, 0.2) is 0 Å². The van der Waals surface area contributed by atoms with Crippen molar-refractivity contribution in [1.29, 1.82) is 0 Å². The minimum Gasteiger partial charge on any atom is -0.330 e. The number of urea groups is 1. The van der Waals surface area contributed by atoms with Crippen LogP contribution in [-0.4, -0.2) is 48.7 Å². The molecule has 0 saturated heterocycles. The quantitative estimate of drug-likeness (QED) is 0.766. The molecule has 0 N–H and O–H groups in total. The standard InChI is InChI=1S/C14H15N2O3/c1-15(2)14(19)16(10-11-17)13(18)9-8-12-6-4-3-5-7-12/h3-9H,10H2,1-2H3. The predicted octanol–water partition coefficient (Wildman–Crippen LogP) is 1.32. The van der Waals surface area contributed by atoms with Crippen LogP contribution < -0.4 is 0 Å². The summed E-state index contributed by atoms with van der Waals surface area (Å²) >= 11 is 0. The Bertz CT molecular complexity index is 481. The monoisotopic (exact) mass is 259 g/mol. The van der Waals surface area contributed by atoms with Crippen molar-refractivity contribution in [1.82, 2.24) is 9.80 Å². The molecule has 0 fully saturated rings. The van der Waals surface area contributed by atoms with E-state index < -0.39 is 11.9 Å². The first-order valence-corrected chi connectivity index (χ1v) is 5.67. The molecule has 0 aliphatic heterocycles. The van der Waals surface area contributed by atoms with Gasteiger partial charge in [-0.3, -0.25) is 14.5 Å². The third-order valence-corrected chi connectivity index (χ3v) is 2.32. The van der Waals surface area contributed by atoms with Gasteiger partial charge in [-0.1, -0.05) is 30.3 Å². The zero-order valence-corrected chi connectivity index (χ0v) is 10.9. The first kappa shape index (κ1) is 14.6. The molecule has 19 heavy (non-hydrogen) atoms. The Morgan fingerprint density at radius 2 is 1.84 bits per heavy atom. The molecule has 0 aliphatic carbocycles. The topological polar surface area (TPSA) is 57.7 Å². The number of nitrogens with zero attached hydrogens (tertiary/aromatic N) is 2. The van der Waals surface area contributed by atoms with Crippen LogP contribution >= 0.6 is 0 Å². The van der Waals surface area contributed by atoms with Gasteiger partial charge in [0.05, 0.1) is 6.54 Å². The zero-order valence-electron chi connectivity index (χ0n) is 10.9. The summed E-state index contributed by atoms with van der Waals surface area (Å²) in [5.41, 5.74) is 0.836. The van der Waals surface area contributed by atoms with Gasteiger partial charge < -0.3 is 4.90 Å². The molecular formula is C14H15N2O3. The second kappa shape index (κ2) is 7.10. The predicted molar refractivity (Wildman–Crippen MR) is 72.0 cm³/mol. The van der Waals surface area contributed by atoms with Gasteiger partial charge >= 0.3 is 6.03 Å². The Morgan fingerprint density at radius 3 is 2.37 bits per heavy atom. The molecule has 0 aromatic heterocycles. The van der Waals surface area contributed by atoms with Gasteiger partial charge in [-0.15, -0.1) is 0 Å². The lowest BCUT2D eigenvalue weighted by molar-refractivity contribution is -0.123. The maximum atomic E-state index is 11.9.